The molecule has 84 valence electrons. The number of halogens is 2. The molecule has 0 aromatic rings. The first-order valence-electron chi connectivity index (χ1n) is 4.59. The van der Waals surface area contributed by atoms with E-state index < -0.39 is 16.1 Å². The Morgan fingerprint density at radius 1 is 0.929 bits per heavy atom. The van der Waals surface area contributed by atoms with Gasteiger partial charge in [0.15, 0.2) is 7.58 Å². The fourth-order valence-corrected chi connectivity index (χ4v) is 7.32. The Kier molecular flexibility index (Phi) is 3.53. The number of hydrogen-bond acceptors (Lipinski definition) is 2. The lowest BCUT2D eigenvalue weighted by Gasteiger charge is -2.58. The molecule has 1 aliphatic rings. The van der Waals surface area contributed by atoms with Crippen LogP contribution >= 0.6 is 27.4 Å². The molecule has 1 fully saturated rings. The molecule has 0 aliphatic carbocycles. The van der Waals surface area contributed by atoms with Gasteiger partial charge in [-0.3, -0.25) is 0 Å². The Morgan fingerprint density at radius 2 is 1.21 bits per heavy atom. The summed E-state index contributed by atoms with van der Waals surface area (Å²) in [6.07, 6.45) is 0. The Hall–Kier alpha value is 1.00. The standard InChI is InChI=1S/C8H18ClFN2P2/c1-7(2,3)11-13(9)12(14(11)10)8(4,5)6/h1-6H3. The van der Waals surface area contributed by atoms with Gasteiger partial charge in [0.2, 0.25) is 8.53 Å². The van der Waals surface area contributed by atoms with Crippen LogP contribution in [-0.2, 0) is 0 Å². The molecule has 14 heavy (non-hydrogen) atoms. The molecule has 2 nitrogen and oxygen atoms in total. The molecule has 0 amide bonds. The van der Waals surface area contributed by atoms with Gasteiger partial charge < -0.3 is 0 Å². The highest BCUT2D eigenvalue weighted by molar-refractivity contribution is 7.95. The van der Waals surface area contributed by atoms with Crippen molar-refractivity contribution in [3.8, 4) is 0 Å². The van der Waals surface area contributed by atoms with Gasteiger partial charge in [-0.05, 0) is 41.5 Å². The molecule has 6 heteroatoms. The van der Waals surface area contributed by atoms with Crippen LogP contribution in [0, 0.1) is 0 Å². The molecule has 0 spiro atoms. The highest BCUT2D eigenvalue weighted by Gasteiger charge is 2.56. The molecular weight excluding hydrogens is 241 g/mol. The van der Waals surface area contributed by atoms with Crippen molar-refractivity contribution in [3.05, 3.63) is 0 Å². The first kappa shape index (κ1) is 13.1. The molecule has 0 bridgehead atoms. The third kappa shape index (κ3) is 2.23. The van der Waals surface area contributed by atoms with Gasteiger partial charge in [0.1, 0.15) is 0 Å². The highest BCUT2D eigenvalue weighted by Crippen LogP contribution is 2.83. The van der Waals surface area contributed by atoms with E-state index in [1.165, 1.54) is 0 Å². The van der Waals surface area contributed by atoms with E-state index in [0.29, 0.717) is 0 Å². The summed E-state index contributed by atoms with van der Waals surface area (Å²) < 4.78 is 17.5. The van der Waals surface area contributed by atoms with Gasteiger partial charge >= 0.3 is 0 Å². The SMILES string of the molecule is CC(C)(C)N1P(F)N(C(C)(C)C)P1Cl. The van der Waals surface area contributed by atoms with E-state index in [1.54, 1.807) is 8.88 Å². The number of rotatable bonds is 0. The molecule has 1 aliphatic heterocycles. The van der Waals surface area contributed by atoms with Crippen LogP contribution in [-0.4, -0.2) is 20.0 Å². The van der Waals surface area contributed by atoms with Crippen molar-refractivity contribution < 1.29 is 4.20 Å². The van der Waals surface area contributed by atoms with Crippen LogP contribution in [0.5, 0.6) is 0 Å². The van der Waals surface area contributed by atoms with Crippen molar-refractivity contribution in [1.82, 2.24) is 8.88 Å². The first-order chi connectivity index (χ1) is 6.07. The lowest BCUT2D eigenvalue weighted by Crippen LogP contribution is -2.50. The number of nitrogens with zero attached hydrogens (tertiary/aromatic N) is 2. The zero-order valence-electron chi connectivity index (χ0n) is 9.54. The average Bonchev–Trinajstić information content (AvgIpc) is 1.78. The van der Waals surface area contributed by atoms with Crippen molar-refractivity contribution in [2.45, 2.75) is 52.6 Å². The van der Waals surface area contributed by atoms with Crippen LogP contribution in [0.4, 0.5) is 4.20 Å². The molecule has 0 atom stereocenters. The molecular formula is C8H18ClFN2P2. The predicted molar refractivity (Wildman–Crippen MR) is 64.0 cm³/mol. The molecule has 0 unspecified atom stereocenters. The molecule has 1 heterocycles. The lowest BCUT2D eigenvalue weighted by atomic mass is 10.1. The molecule has 0 aromatic heterocycles. The van der Waals surface area contributed by atoms with Gasteiger partial charge in [-0.2, -0.15) is 13.1 Å². The minimum absolute atomic E-state index is 0.171. The Bertz CT molecular complexity index is 194. The second-order valence-electron chi connectivity index (χ2n) is 5.40. The van der Waals surface area contributed by atoms with E-state index >= 15 is 0 Å². The average molecular weight is 259 g/mol. The monoisotopic (exact) mass is 258 g/mol. The van der Waals surface area contributed by atoms with Gasteiger partial charge in [-0.1, -0.05) is 11.2 Å². The lowest BCUT2D eigenvalue weighted by molar-refractivity contribution is 0.272. The van der Waals surface area contributed by atoms with Gasteiger partial charge in [0.25, 0.3) is 0 Å². The smallest absolute Gasteiger partial charge is 0.189 e. The summed E-state index contributed by atoms with van der Waals surface area (Å²) >= 11 is 6.24. The van der Waals surface area contributed by atoms with Crippen molar-refractivity contribution in [2.24, 2.45) is 0 Å². The second kappa shape index (κ2) is 3.79. The van der Waals surface area contributed by atoms with Crippen molar-refractivity contribution in [2.75, 3.05) is 0 Å². The maximum atomic E-state index is 13.9. The minimum atomic E-state index is -1.70. The maximum absolute atomic E-state index is 13.9. The third-order valence-corrected chi connectivity index (χ3v) is 8.92. The maximum Gasteiger partial charge on any atom is 0.248 e. The van der Waals surface area contributed by atoms with Crippen LogP contribution in [0.3, 0.4) is 0 Å². The van der Waals surface area contributed by atoms with Gasteiger partial charge in [0, 0.05) is 11.1 Å². The zero-order chi connectivity index (χ0) is 11.3. The first-order valence-corrected chi connectivity index (χ1v) is 7.88. The highest BCUT2D eigenvalue weighted by atomic mass is 35.7. The topological polar surface area (TPSA) is 6.48 Å². The van der Waals surface area contributed by atoms with Gasteiger partial charge in [-0.25, -0.2) is 0 Å². The van der Waals surface area contributed by atoms with Crippen LogP contribution in [0.1, 0.15) is 41.5 Å². The molecule has 1 rings (SSSR count). The summed E-state index contributed by atoms with van der Waals surface area (Å²) in [4.78, 5) is 0. The third-order valence-electron chi connectivity index (χ3n) is 1.83. The summed E-state index contributed by atoms with van der Waals surface area (Å²) in [5.41, 5.74) is -0.342. The Labute approximate surface area is 93.4 Å². The van der Waals surface area contributed by atoms with Crippen LogP contribution in [0.15, 0.2) is 0 Å². The molecule has 1 saturated heterocycles. The molecule has 0 N–H and O–H groups in total. The van der Waals surface area contributed by atoms with E-state index in [2.05, 4.69) is 0 Å². The Balaban J connectivity index is 2.76. The van der Waals surface area contributed by atoms with Crippen molar-refractivity contribution >= 4 is 27.4 Å². The summed E-state index contributed by atoms with van der Waals surface area (Å²) in [5.74, 6) is 0. The second-order valence-corrected chi connectivity index (χ2v) is 9.50. The van der Waals surface area contributed by atoms with Crippen molar-refractivity contribution in [3.63, 3.8) is 0 Å². The fraction of sp³-hybridized carbons (Fsp3) is 1.00. The quantitative estimate of drug-likeness (QED) is 0.572. The van der Waals surface area contributed by atoms with E-state index in [4.69, 9.17) is 11.2 Å². The largest absolute Gasteiger partial charge is 0.248 e. The summed E-state index contributed by atoms with van der Waals surface area (Å²) in [6, 6.07) is 0. The van der Waals surface area contributed by atoms with Crippen LogP contribution in [0.2, 0.25) is 0 Å². The van der Waals surface area contributed by atoms with E-state index in [9.17, 15) is 4.20 Å². The summed E-state index contributed by atoms with van der Waals surface area (Å²) in [7, 11) is -2.66. The normalized spacial score (nSPS) is 31.7. The van der Waals surface area contributed by atoms with Crippen LogP contribution < -0.4 is 0 Å². The van der Waals surface area contributed by atoms with Gasteiger partial charge in [0.05, 0.1) is 0 Å². The summed E-state index contributed by atoms with van der Waals surface area (Å²) in [5, 5.41) is 0. The molecule has 0 aromatic carbocycles. The van der Waals surface area contributed by atoms with Crippen LogP contribution in [0.25, 0.3) is 0 Å². The Morgan fingerprint density at radius 3 is 1.36 bits per heavy atom. The predicted octanol–water partition coefficient (Wildman–Crippen LogP) is 4.86. The van der Waals surface area contributed by atoms with Crippen molar-refractivity contribution in [1.29, 1.82) is 0 Å². The van der Waals surface area contributed by atoms with E-state index in [1.807, 2.05) is 41.5 Å². The minimum Gasteiger partial charge on any atom is -0.189 e. The van der Waals surface area contributed by atoms with E-state index in [-0.39, 0.29) is 11.1 Å². The number of hydrogen-bond donors (Lipinski definition) is 0. The fourth-order valence-electron chi connectivity index (χ4n) is 1.24. The molecule has 0 radical (unpaired) electrons. The molecule has 0 saturated carbocycles. The van der Waals surface area contributed by atoms with Gasteiger partial charge in [-0.15, -0.1) is 0 Å². The van der Waals surface area contributed by atoms with E-state index in [0.717, 1.165) is 0 Å². The summed E-state index contributed by atoms with van der Waals surface area (Å²) in [6.45, 7) is 12.0. The zero-order valence-corrected chi connectivity index (χ0v) is 12.1.